The number of rotatable bonds is 4. The van der Waals surface area contributed by atoms with Crippen LogP contribution in [-0.2, 0) is 13.2 Å². The van der Waals surface area contributed by atoms with E-state index in [1.807, 2.05) is 24.3 Å². The predicted molar refractivity (Wildman–Crippen MR) is 80.0 cm³/mol. The highest BCUT2D eigenvalue weighted by molar-refractivity contribution is 6.39. The maximum atomic E-state index is 12.1. The lowest BCUT2D eigenvalue weighted by molar-refractivity contribution is 0.0951. The van der Waals surface area contributed by atoms with Gasteiger partial charge in [-0.05, 0) is 23.3 Å². The highest BCUT2D eigenvalue weighted by Gasteiger charge is 2.13. The molecule has 1 amide bonds. The number of carbonyl (C=O) groups excluding carboxylic acids is 1. The minimum absolute atomic E-state index is 0.00186. The summed E-state index contributed by atoms with van der Waals surface area (Å²) in [6.45, 7) is 0.369. The zero-order valence-electron chi connectivity index (χ0n) is 10.6. The quantitative estimate of drug-likeness (QED) is 0.909. The van der Waals surface area contributed by atoms with Crippen LogP contribution in [0.25, 0.3) is 0 Å². The van der Waals surface area contributed by atoms with E-state index in [0.717, 1.165) is 11.1 Å². The molecule has 0 saturated carbocycles. The first-order chi connectivity index (χ1) is 9.61. The zero-order valence-corrected chi connectivity index (χ0v) is 12.1. The first-order valence-electron chi connectivity index (χ1n) is 6.02. The van der Waals surface area contributed by atoms with Gasteiger partial charge in [-0.1, -0.05) is 53.5 Å². The molecule has 0 aliphatic heterocycles. The smallest absolute Gasteiger partial charge is 0.254 e. The Hall–Kier alpha value is -1.55. The molecule has 0 aliphatic rings. The number of aliphatic hydroxyl groups excluding tert-OH is 1. The number of benzene rings is 2. The SMILES string of the molecule is O=C(NCc1ccc(CO)cc1)c1c(Cl)cccc1Cl. The van der Waals surface area contributed by atoms with Crippen molar-refractivity contribution >= 4 is 29.1 Å². The molecule has 0 atom stereocenters. The van der Waals surface area contributed by atoms with E-state index in [-0.39, 0.29) is 18.1 Å². The molecule has 0 saturated heterocycles. The normalized spacial score (nSPS) is 10.3. The summed E-state index contributed by atoms with van der Waals surface area (Å²) in [5, 5.41) is 12.4. The fourth-order valence-electron chi connectivity index (χ4n) is 1.75. The monoisotopic (exact) mass is 309 g/mol. The molecule has 5 heteroatoms. The van der Waals surface area contributed by atoms with Gasteiger partial charge in [-0.25, -0.2) is 0 Å². The molecule has 20 heavy (non-hydrogen) atoms. The van der Waals surface area contributed by atoms with Gasteiger partial charge < -0.3 is 10.4 Å². The maximum Gasteiger partial charge on any atom is 0.254 e. The molecule has 2 rings (SSSR count). The highest BCUT2D eigenvalue weighted by Crippen LogP contribution is 2.24. The number of hydrogen-bond donors (Lipinski definition) is 2. The number of hydrogen-bond acceptors (Lipinski definition) is 2. The molecule has 2 aromatic rings. The lowest BCUT2D eigenvalue weighted by Crippen LogP contribution is -2.23. The van der Waals surface area contributed by atoms with Crippen LogP contribution < -0.4 is 5.32 Å². The molecule has 0 bridgehead atoms. The van der Waals surface area contributed by atoms with Crippen LogP contribution in [0.2, 0.25) is 10.0 Å². The van der Waals surface area contributed by atoms with Gasteiger partial charge in [-0.3, -0.25) is 4.79 Å². The van der Waals surface area contributed by atoms with Gasteiger partial charge in [-0.2, -0.15) is 0 Å². The van der Waals surface area contributed by atoms with Crippen LogP contribution in [0.15, 0.2) is 42.5 Å². The molecule has 0 unspecified atom stereocenters. The maximum absolute atomic E-state index is 12.1. The fraction of sp³-hybridized carbons (Fsp3) is 0.133. The molecule has 2 aromatic carbocycles. The third-order valence-electron chi connectivity index (χ3n) is 2.85. The fourth-order valence-corrected chi connectivity index (χ4v) is 2.32. The lowest BCUT2D eigenvalue weighted by atomic mass is 10.1. The largest absolute Gasteiger partial charge is 0.392 e. The number of carbonyl (C=O) groups is 1. The van der Waals surface area contributed by atoms with E-state index < -0.39 is 0 Å². The second-order valence-electron chi connectivity index (χ2n) is 4.25. The van der Waals surface area contributed by atoms with Crippen LogP contribution in [0.4, 0.5) is 0 Å². The summed E-state index contributed by atoms with van der Waals surface area (Å²) in [5.74, 6) is -0.313. The molecular formula is C15H13Cl2NO2. The molecular weight excluding hydrogens is 297 g/mol. The second-order valence-corrected chi connectivity index (χ2v) is 5.07. The van der Waals surface area contributed by atoms with Crippen LogP contribution in [0.5, 0.6) is 0 Å². The predicted octanol–water partition coefficient (Wildman–Crippen LogP) is 3.42. The van der Waals surface area contributed by atoms with Gasteiger partial charge in [0.1, 0.15) is 0 Å². The average molecular weight is 310 g/mol. The molecule has 0 spiro atoms. The zero-order chi connectivity index (χ0) is 14.5. The van der Waals surface area contributed by atoms with E-state index in [1.54, 1.807) is 18.2 Å². The minimum Gasteiger partial charge on any atom is -0.392 e. The lowest BCUT2D eigenvalue weighted by Gasteiger charge is -2.08. The number of aliphatic hydroxyl groups is 1. The molecule has 2 N–H and O–H groups in total. The Bertz CT molecular complexity index is 592. The van der Waals surface area contributed by atoms with E-state index in [1.165, 1.54) is 0 Å². The third-order valence-corrected chi connectivity index (χ3v) is 3.48. The minimum atomic E-state index is -0.313. The van der Waals surface area contributed by atoms with Gasteiger partial charge in [0.05, 0.1) is 22.2 Å². The molecule has 0 aromatic heterocycles. The summed E-state index contributed by atoms with van der Waals surface area (Å²) in [7, 11) is 0. The molecule has 104 valence electrons. The van der Waals surface area contributed by atoms with Gasteiger partial charge in [-0.15, -0.1) is 0 Å². The third kappa shape index (κ3) is 3.51. The number of amides is 1. The Labute approximate surface area is 127 Å². The van der Waals surface area contributed by atoms with Crippen molar-refractivity contribution < 1.29 is 9.90 Å². The Kier molecular flexibility index (Phi) is 5.01. The molecule has 0 fully saturated rings. The first-order valence-corrected chi connectivity index (χ1v) is 6.78. The Morgan fingerprint density at radius 3 is 2.10 bits per heavy atom. The first kappa shape index (κ1) is 14.9. The molecule has 0 radical (unpaired) electrons. The Morgan fingerprint density at radius 1 is 1.00 bits per heavy atom. The van der Waals surface area contributed by atoms with Crippen molar-refractivity contribution in [1.29, 1.82) is 0 Å². The Morgan fingerprint density at radius 2 is 1.55 bits per heavy atom. The molecule has 0 heterocycles. The number of halogens is 2. The van der Waals surface area contributed by atoms with Crippen molar-refractivity contribution in [2.24, 2.45) is 0 Å². The van der Waals surface area contributed by atoms with Crippen molar-refractivity contribution in [3.05, 3.63) is 69.2 Å². The van der Waals surface area contributed by atoms with Gasteiger partial charge in [0, 0.05) is 6.54 Å². The summed E-state index contributed by atoms with van der Waals surface area (Å²) in [4.78, 5) is 12.1. The van der Waals surface area contributed by atoms with E-state index in [2.05, 4.69) is 5.32 Å². The van der Waals surface area contributed by atoms with Crippen LogP contribution in [0, 0.1) is 0 Å². The van der Waals surface area contributed by atoms with Gasteiger partial charge >= 0.3 is 0 Å². The summed E-state index contributed by atoms with van der Waals surface area (Å²) in [6, 6.07) is 12.2. The van der Waals surface area contributed by atoms with E-state index in [0.29, 0.717) is 16.6 Å². The Balaban J connectivity index is 2.05. The van der Waals surface area contributed by atoms with Crippen LogP contribution in [0.3, 0.4) is 0 Å². The summed E-state index contributed by atoms with van der Waals surface area (Å²) < 4.78 is 0. The summed E-state index contributed by atoms with van der Waals surface area (Å²) in [5.41, 5.74) is 2.04. The van der Waals surface area contributed by atoms with E-state index in [4.69, 9.17) is 28.3 Å². The van der Waals surface area contributed by atoms with Crippen molar-refractivity contribution in [1.82, 2.24) is 5.32 Å². The van der Waals surface area contributed by atoms with Crippen LogP contribution >= 0.6 is 23.2 Å². The standard InChI is InChI=1S/C15H13Cl2NO2/c16-12-2-1-3-13(17)14(12)15(20)18-8-10-4-6-11(9-19)7-5-10/h1-7,19H,8-9H2,(H,18,20). The highest BCUT2D eigenvalue weighted by atomic mass is 35.5. The molecule has 3 nitrogen and oxygen atoms in total. The van der Waals surface area contributed by atoms with Crippen LogP contribution in [0.1, 0.15) is 21.5 Å². The van der Waals surface area contributed by atoms with Crippen LogP contribution in [-0.4, -0.2) is 11.0 Å². The van der Waals surface area contributed by atoms with Gasteiger partial charge in [0.25, 0.3) is 5.91 Å². The van der Waals surface area contributed by atoms with Crippen molar-refractivity contribution in [2.45, 2.75) is 13.2 Å². The second kappa shape index (κ2) is 6.75. The van der Waals surface area contributed by atoms with Gasteiger partial charge in [0.2, 0.25) is 0 Å². The van der Waals surface area contributed by atoms with Crippen molar-refractivity contribution in [3.63, 3.8) is 0 Å². The summed E-state index contributed by atoms with van der Waals surface area (Å²) >= 11 is 11.9. The van der Waals surface area contributed by atoms with E-state index >= 15 is 0 Å². The van der Waals surface area contributed by atoms with Gasteiger partial charge in [0.15, 0.2) is 0 Å². The van der Waals surface area contributed by atoms with Crippen molar-refractivity contribution in [3.8, 4) is 0 Å². The van der Waals surface area contributed by atoms with Crippen molar-refractivity contribution in [2.75, 3.05) is 0 Å². The topological polar surface area (TPSA) is 49.3 Å². The number of nitrogens with one attached hydrogen (secondary N) is 1. The summed E-state index contributed by atoms with van der Waals surface area (Å²) in [6.07, 6.45) is 0. The average Bonchev–Trinajstić information content (AvgIpc) is 2.45. The molecule has 0 aliphatic carbocycles. The van der Waals surface area contributed by atoms with E-state index in [9.17, 15) is 4.79 Å².